The normalized spacial score (nSPS) is 36.3. The van der Waals surface area contributed by atoms with Gasteiger partial charge in [-0.25, -0.2) is 9.57 Å². The van der Waals surface area contributed by atoms with Gasteiger partial charge in [-0.3, -0.25) is 48.5 Å². The van der Waals surface area contributed by atoms with Crippen molar-refractivity contribution in [1.29, 1.82) is 0 Å². The summed E-state index contributed by atoms with van der Waals surface area (Å²) in [4.78, 5) is 86.9. The molecular formula is C47H69ClI2N6O9. The third-order valence-corrected chi connectivity index (χ3v) is 13.8. The van der Waals surface area contributed by atoms with E-state index in [1.807, 2.05) is 95.7 Å². The van der Waals surface area contributed by atoms with Crippen molar-refractivity contribution in [2.24, 2.45) is 28.7 Å². The number of aliphatic imine (C=N–C) groups is 1. The van der Waals surface area contributed by atoms with Crippen molar-refractivity contribution < 1.29 is 88.9 Å². The number of imide groups is 3. The molecule has 1 N–H and O–H groups in total. The van der Waals surface area contributed by atoms with E-state index in [4.69, 9.17) is 14.2 Å². The molecule has 9 aliphatic heterocycles. The number of rotatable bonds is 5. The molecule has 0 bridgehead atoms. The van der Waals surface area contributed by atoms with Gasteiger partial charge < -0.3 is 50.6 Å². The number of allylic oxidation sites excluding steroid dienone is 3. The van der Waals surface area contributed by atoms with Crippen molar-refractivity contribution in [3.05, 3.63) is 34.9 Å². The Hall–Kier alpha value is -2.72. The molecule has 15 nitrogen and oxygen atoms in total. The highest BCUT2D eigenvalue weighted by Crippen LogP contribution is 2.46. The summed E-state index contributed by atoms with van der Waals surface area (Å²) >= 11 is 2.15. The summed E-state index contributed by atoms with van der Waals surface area (Å²) in [5.74, 6) is -1.27. The van der Waals surface area contributed by atoms with Crippen molar-refractivity contribution in [3.8, 4) is 0 Å². The lowest BCUT2D eigenvalue weighted by Gasteiger charge is -2.30. The van der Waals surface area contributed by atoms with E-state index in [0.29, 0.717) is 19.6 Å². The van der Waals surface area contributed by atoms with E-state index in [1.165, 1.54) is 27.5 Å². The summed E-state index contributed by atoms with van der Waals surface area (Å²) < 4.78 is 19.8. The van der Waals surface area contributed by atoms with Gasteiger partial charge in [0, 0.05) is 37.0 Å². The molecule has 0 aromatic rings. The monoisotopic (exact) mass is 1150 g/mol. The summed E-state index contributed by atoms with van der Waals surface area (Å²) in [6, 6.07) is -0.535. The second kappa shape index (κ2) is 22.1. The maximum Gasteiger partial charge on any atom is 0.259 e. The van der Waals surface area contributed by atoms with Crippen LogP contribution >= 0.6 is 22.6 Å². The molecule has 6 amide bonds. The van der Waals surface area contributed by atoms with Crippen molar-refractivity contribution in [1.82, 2.24) is 14.7 Å². The van der Waals surface area contributed by atoms with E-state index >= 15 is 0 Å². The average molecular weight is 1150 g/mol. The van der Waals surface area contributed by atoms with Crippen LogP contribution in [0.15, 0.2) is 39.9 Å². The van der Waals surface area contributed by atoms with Crippen LogP contribution in [0.5, 0.6) is 0 Å². The zero-order valence-electron chi connectivity index (χ0n) is 40.3. The molecule has 0 saturated carbocycles. The van der Waals surface area contributed by atoms with Crippen LogP contribution in [-0.4, -0.2) is 158 Å². The zero-order valence-corrected chi connectivity index (χ0v) is 45.4. The fourth-order valence-electron chi connectivity index (χ4n) is 10.6. The van der Waals surface area contributed by atoms with Gasteiger partial charge in [-0.2, -0.15) is 0 Å². The number of likely N-dealkylation sites (N-methyl/N-ethyl adjacent to an activating group) is 4. The lowest BCUT2D eigenvalue weighted by molar-refractivity contribution is -0.550. The largest absolute Gasteiger partial charge is 1.00 e. The minimum Gasteiger partial charge on any atom is -1.00 e. The van der Waals surface area contributed by atoms with E-state index in [1.54, 1.807) is 20.1 Å². The molecule has 0 aromatic heterocycles. The number of halogens is 3. The van der Waals surface area contributed by atoms with Gasteiger partial charge in [-0.15, -0.1) is 0 Å². The standard InChI is InChI=1S/C14H19N2O3.2C13H16N2O3.C6H14.CH3I.ClH.HI/c1-5-16-12(17)9-10(13(16)18)19-14(3)6-8(2)7-15(4)11(9)14;2*1-4-15-11(16)8-9(12(15)17)18-13(3)5-7(2)6-14-10(8)13;1-4-6(3)5-2;1-2;;/h6-7,9-11H,5H2,1-4H3;2*5-6,8-10H,4H2,1-3H3;6H,4-5H2,1-3H3;1H3;2*1H/q+1;;;;;;/p-1/t9-,10-,11-,14-;2*8-,9-,10-,13-;;;;/m000..../s1. The van der Waals surface area contributed by atoms with Crippen LogP contribution in [0, 0.1) is 23.7 Å². The number of fused-ring (bicyclic) bond motifs is 9. The third kappa shape index (κ3) is 10.2. The van der Waals surface area contributed by atoms with Gasteiger partial charge in [-0.05, 0) is 97.0 Å². The number of hydrogen-bond acceptors (Lipinski definition) is 10. The molecule has 9 heterocycles. The van der Waals surface area contributed by atoms with Crippen LogP contribution < -0.4 is 41.4 Å². The number of amides is 6. The molecule has 0 radical (unpaired) electrons. The minimum atomic E-state index is -0.660. The summed E-state index contributed by atoms with van der Waals surface area (Å²) in [5, 5.41) is 0. The number of alkyl halides is 1. The number of ether oxygens (including phenoxy) is 3. The Labute approximate surface area is 421 Å². The number of carbonyl (C=O) groups is 6. The Bertz CT molecular complexity index is 1980. The Morgan fingerprint density at radius 3 is 1.57 bits per heavy atom. The van der Waals surface area contributed by atoms with Crippen LogP contribution in [0.25, 0.3) is 0 Å². The molecule has 9 aliphatic rings. The smallest absolute Gasteiger partial charge is 0.259 e. The minimum absolute atomic E-state index is 0. The first kappa shape index (κ1) is 56.6. The lowest BCUT2D eigenvalue weighted by Crippen LogP contribution is -3.00. The lowest BCUT2D eigenvalue weighted by atomic mass is 9.84. The summed E-state index contributed by atoms with van der Waals surface area (Å²) in [5.41, 5.74) is 1.39. The number of hydrogen-bond donors (Lipinski definition) is 1. The highest BCUT2D eigenvalue weighted by molar-refractivity contribution is 14.1. The van der Waals surface area contributed by atoms with E-state index < -0.39 is 47.0 Å². The Morgan fingerprint density at radius 1 is 0.662 bits per heavy atom. The SMILES string of the molecule is CCC(C)CC.CCN1C(=O)[C@H]2[C@H](O[C@@]3(C)C=C(C)C=N[C@@H]23)C1=O.CCN1C(=O)[C@H]2[C@H](O[C@@]3(C)C=C(C)C=[N+](C)[C@@H]23)C1=O.CCN1C(=O)[C@H]2[C@H](O[C@@]3(C)C=C(C)C=[NH+][C@@H]23)C1=O.CI.[Cl-].[I-]. The van der Waals surface area contributed by atoms with Gasteiger partial charge in [0.15, 0.2) is 42.8 Å². The van der Waals surface area contributed by atoms with Gasteiger partial charge in [0.2, 0.25) is 17.7 Å². The van der Waals surface area contributed by atoms with Crippen LogP contribution in [0.1, 0.15) is 95.9 Å². The quantitative estimate of drug-likeness (QED) is 0.130. The topological polar surface area (TPSA) is 169 Å². The van der Waals surface area contributed by atoms with Crippen molar-refractivity contribution in [2.45, 2.75) is 149 Å². The molecule has 6 saturated heterocycles. The maximum atomic E-state index is 12.4. The molecule has 9 rings (SSSR count). The highest BCUT2D eigenvalue weighted by atomic mass is 127. The van der Waals surface area contributed by atoms with Crippen LogP contribution in [0.2, 0.25) is 0 Å². The van der Waals surface area contributed by atoms with E-state index in [-0.39, 0.29) is 95.9 Å². The molecule has 362 valence electrons. The molecule has 6 fully saturated rings. The average Bonchev–Trinajstić information content (AvgIpc) is 3.99. The van der Waals surface area contributed by atoms with Gasteiger partial charge in [0.1, 0.15) is 35.7 Å². The van der Waals surface area contributed by atoms with Gasteiger partial charge in [0.05, 0.1) is 12.0 Å². The molecule has 0 unspecified atom stereocenters. The van der Waals surface area contributed by atoms with E-state index in [2.05, 4.69) is 53.3 Å². The number of carbonyl (C=O) groups excluding carboxylic acids is 6. The third-order valence-electron chi connectivity index (χ3n) is 13.8. The first-order valence-corrected chi connectivity index (χ1v) is 24.6. The van der Waals surface area contributed by atoms with Crippen molar-refractivity contribution in [2.75, 3.05) is 31.6 Å². The summed E-state index contributed by atoms with van der Waals surface area (Å²) in [6.07, 6.45) is 12.4. The molecule has 65 heavy (non-hydrogen) atoms. The molecule has 0 aromatic carbocycles. The van der Waals surface area contributed by atoms with Crippen LogP contribution in [0.3, 0.4) is 0 Å². The van der Waals surface area contributed by atoms with E-state index in [9.17, 15) is 28.8 Å². The van der Waals surface area contributed by atoms with Crippen LogP contribution in [-0.2, 0) is 43.0 Å². The molecular weight excluding hydrogens is 1080 g/mol. The fraction of sp³-hybridized carbons (Fsp3) is 0.681. The first-order valence-electron chi connectivity index (χ1n) is 22.4. The summed E-state index contributed by atoms with van der Waals surface area (Å²) in [6.45, 7) is 25.1. The van der Waals surface area contributed by atoms with Gasteiger partial charge in [-0.1, -0.05) is 56.2 Å². The second-order valence-corrected chi connectivity index (χ2v) is 18.3. The Kier molecular flexibility index (Phi) is 19.3. The fourth-order valence-corrected chi connectivity index (χ4v) is 10.6. The second-order valence-electron chi connectivity index (χ2n) is 18.3. The highest BCUT2D eigenvalue weighted by Gasteiger charge is 2.69. The maximum absolute atomic E-state index is 12.4. The number of dihydropyridines is 1. The van der Waals surface area contributed by atoms with Gasteiger partial charge in [0.25, 0.3) is 17.7 Å². The first-order chi connectivity index (χ1) is 29.6. The Balaban J connectivity index is 0.000000236. The number of likely N-dealkylation sites (tertiary alicyclic amines) is 3. The predicted octanol–water partition coefficient (Wildman–Crippen LogP) is -3.13. The zero-order chi connectivity index (χ0) is 47.1. The molecule has 0 aliphatic carbocycles. The van der Waals surface area contributed by atoms with Crippen LogP contribution in [0.4, 0.5) is 0 Å². The Morgan fingerprint density at radius 2 is 1.08 bits per heavy atom. The predicted molar refractivity (Wildman–Crippen MR) is 248 cm³/mol. The number of nitrogens with zero attached hydrogens (tertiary/aromatic N) is 5. The number of nitrogens with one attached hydrogen (secondary N) is 1. The van der Waals surface area contributed by atoms with Gasteiger partial charge >= 0.3 is 0 Å². The molecule has 18 heteroatoms. The summed E-state index contributed by atoms with van der Waals surface area (Å²) in [7, 11) is 1.94. The molecule has 0 spiro atoms. The molecule has 12 atom stereocenters. The van der Waals surface area contributed by atoms with Crippen molar-refractivity contribution in [3.63, 3.8) is 0 Å². The van der Waals surface area contributed by atoms with E-state index in [0.717, 1.165) is 22.6 Å². The van der Waals surface area contributed by atoms with Crippen molar-refractivity contribution >= 4 is 76.7 Å².